The summed E-state index contributed by atoms with van der Waals surface area (Å²) in [6.45, 7) is 1.93. The van der Waals surface area contributed by atoms with Gasteiger partial charge in [0.1, 0.15) is 0 Å². The minimum absolute atomic E-state index is 0.337. The van der Waals surface area contributed by atoms with Crippen molar-refractivity contribution in [3.8, 4) is 0 Å². The minimum Gasteiger partial charge on any atom is -0.433 e. The smallest absolute Gasteiger partial charge is 0.305 e. The normalized spacial score (nSPS) is 25.9. The molecule has 10 heavy (non-hydrogen) atoms. The molecule has 0 aromatic carbocycles. The van der Waals surface area contributed by atoms with Crippen LogP contribution in [0.2, 0.25) is 0 Å². The lowest BCUT2D eigenvalue weighted by Crippen LogP contribution is -2.24. The predicted molar refractivity (Wildman–Crippen MR) is 31.8 cm³/mol. The molecule has 1 aliphatic heterocycles. The van der Waals surface area contributed by atoms with E-state index in [1.54, 1.807) is 0 Å². The largest absolute Gasteiger partial charge is 0.433 e. The van der Waals surface area contributed by atoms with Gasteiger partial charge in [0.15, 0.2) is 0 Å². The maximum atomic E-state index is 10.4. The molecule has 0 aromatic heterocycles. The van der Waals surface area contributed by atoms with Gasteiger partial charge >= 0.3 is 5.97 Å². The van der Waals surface area contributed by atoms with Crippen molar-refractivity contribution < 1.29 is 19.3 Å². The Kier molecular flexibility index (Phi) is 2.65. The monoisotopic (exact) mass is 146 g/mol. The zero-order chi connectivity index (χ0) is 7.40. The third kappa shape index (κ3) is 2.33. The number of hydrogen-bond donors (Lipinski definition) is 0. The van der Waals surface area contributed by atoms with Crippen LogP contribution < -0.4 is 0 Å². The molecule has 1 atom stereocenters. The summed E-state index contributed by atoms with van der Waals surface area (Å²) in [6, 6.07) is 0. The van der Waals surface area contributed by atoms with Crippen LogP contribution in [0.15, 0.2) is 0 Å². The van der Waals surface area contributed by atoms with E-state index < -0.39 is 6.29 Å². The molecule has 0 saturated carbocycles. The Morgan fingerprint density at radius 2 is 2.50 bits per heavy atom. The summed E-state index contributed by atoms with van der Waals surface area (Å²) >= 11 is 0. The summed E-state index contributed by atoms with van der Waals surface area (Å²) < 4.78 is 4.70. The molecule has 4 nitrogen and oxygen atoms in total. The summed E-state index contributed by atoms with van der Waals surface area (Å²) in [4.78, 5) is 19.6. The summed E-state index contributed by atoms with van der Waals surface area (Å²) in [5.41, 5.74) is 0. The Morgan fingerprint density at radius 1 is 1.70 bits per heavy atom. The molecule has 0 radical (unpaired) electrons. The van der Waals surface area contributed by atoms with Gasteiger partial charge in [0.25, 0.3) is 0 Å². The van der Waals surface area contributed by atoms with Crippen LogP contribution in [0.3, 0.4) is 0 Å². The van der Waals surface area contributed by atoms with E-state index in [9.17, 15) is 4.79 Å². The number of ether oxygens (including phenoxy) is 1. The van der Waals surface area contributed by atoms with Crippen molar-refractivity contribution in [2.45, 2.75) is 26.1 Å². The summed E-state index contributed by atoms with van der Waals surface area (Å²) in [5, 5.41) is 0. The van der Waals surface area contributed by atoms with E-state index in [1.165, 1.54) is 6.92 Å². The van der Waals surface area contributed by atoms with Gasteiger partial charge < -0.3 is 4.74 Å². The van der Waals surface area contributed by atoms with E-state index in [2.05, 4.69) is 9.78 Å². The average molecular weight is 146 g/mol. The van der Waals surface area contributed by atoms with Gasteiger partial charge in [-0.05, 0) is 6.42 Å². The van der Waals surface area contributed by atoms with E-state index in [0.29, 0.717) is 6.61 Å². The van der Waals surface area contributed by atoms with E-state index >= 15 is 0 Å². The molecule has 4 heteroatoms. The summed E-state index contributed by atoms with van der Waals surface area (Å²) in [6.07, 6.45) is 1.10. The molecule has 0 amide bonds. The molecule has 0 bridgehead atoms. The number of hydrogen-bond acceptors (Lipinski definition) is 4. The predicted octanol–water partition coefficient (Wildman–Crippen LogP) is 0.618. The molecule has 0 aliphatic carbocycles. The van der Waals surface area contributed by atoms with Crippen molar-refractivity contribution in [3.63, 3.8) is 0 Å². The van der Waals surface area contributed by atoms with Gasteiger partial charge in [-0.15, -0.1) is 0 Å². The Balaban J connectivity index is 2.19. The van der Waals surface area contributed by atoms with E-state index in [0.717, 1.165) is 12.8 Å². The zero-order valence-corrected chi connectivity index (χ0v) is 5.83. The molecular formula is C6H10O4. The Hall–Kier alpha value is -0.610. The van der Waals surface area contributed by atoms with Crippen molar-refractivity contribution in [2.75, 3.05) is 6.61 Å². The van der Waals surface area contributed by atoms with Crippen LogP contribution in [-0.2, 0) is 19.3 Å². The fourth-order valence-electron chi connectivity index (χ4n) is 0.745. The van der Waals surface area contributed by atoms with Gasteiger partial charge in [0.2, 0.25) is 6.29 Å². The van der Waals surface area contributed by atoms with Crippen LogP contribution in [0.4, 0.5) is 0 Å². The van der Waals surface area contributed by atoms with Crippen molar-refractivity contribution in [1.29, 1.82) is 0 Å². The first kappa shape index (κ1) is 7.50. The molecule has 0 aromatic rings. The number of rotatable bonds is 1. The molecule has 1 saturated heterocycles. The first-order valence-corrected chi connectivity index (χ1v) is 3.24. The van der Waals surface area contributed by atoms with Crippen molar-refractivity contribution in [3.05, 3.63) is 0 Å². The van der Waals surface area contributed by atoms with E-state index in [4.69, 9.17) is 4.74 Å². The lowest BCUT2D eigenvalue weighted by molar-refractivity contribution is -0.389. The second-order valence-electron chi connectivity index (χ2n) is 2.10. The van der Waals surface area contributed by atoms with Gasteiger partial charge in [-0.25, -0.2) is 4.89 Å². The topological polar surface area (TPSA) is 44.8 Å². The highest BCUT2D eigenvalue weighted by molar-refractivity contribution is 5.66. The van der Waals surface area contributed by atoms with Gasteiger partial charge in [-0.2, -0.15) is 4.89 Å². The van der Waals surface area contributed by atoms with Gasteiger partial charge in [0, 0.05) is 13.3 Å². The molecule has 1 unspecified atom stereocenters. The summed E-state index contributed by atoms with van der Waals surface area (Å²) in [5.74, 6) is -0.337. The Labute approximate surface area is 59.0 Å². The number of esters is 1. The van der Waals surface area contributed by atoms with E-state index in [-0.39, 0.29) is 5.97 Å². The second-order valence-corrected chi connectivity index (χ2v) is 2.10. The highest BCUT2D eigenvalue weighted by atomic mass is 17.2. The van der Waals surface area contributed by atoms with E-state index in [1.807, 2.05) is 0 Å². The molecule has 1 heterocycles. The highest BCUT2D eigenvalue weighted by Gasteiger charge is 2.17. The Morgan fingerprint density at radius 3 is 3.00 bits per heavy atom. The Bertz CT molecular complexity index is 117. The van der Waals surface area contributed by atoms with Crippen LogP contribution >= 0.6 is 0 Å². The molecule has 0 N–H and O–H groups in total. The van der Waals surface area contributed by atoms with Crippen molar-refractivity contribution in [1.82, 2.24) is 0 Å². The van der Waals surface area contributed by atoms with Crippen molar-refractivity contribution >= 4 is 5.97 Å². The van der Waals surface area contributed by atoms with Gasteiger partial charge in [0.05, 0.1) is 6.61 Å². The average Bonchev–Trinajstić information content (AvgIpc) is 1.88. The van der Waals surface area contributed by atoms with Crippen LogP contribution in [0.1, 0.15) is 19.8 Å². The third-order valence-electron chi connectivity index (χ3n) is 1.14. The van der Waals surface area contributed by atoms with Crippen LogP contribution in [0, 0.1) is 0 Å². The minimum atomic E-state index is -0.494. The molecular weight excluding hydrogens is 136 g/mol. The molecule has 58 valence electrons. The zero-order valence-electron chi connectivity index (χ0n) is 5.83. The summed E-state index contributed by atoms with van der Waals surface area (Å²) in [7, 11) is 0. The van der Waals surface area contributed by atoms with Crippen molar-refractivity contribution in [2.24, 2.45) is 0 Å². The molecule has 1 fully saturated rings. The number of carbonyl (C=O) groups is 1. The molecule has 1 rings (SSSR count). The molecule has 1 aliphatic rings. The van der Waals surface area contributed by atoms with Crippen LogP contribution in [-0.4, -0.2) is 18.9 Å². The fourth-order valence-corrected chi connectivity index (χ4v) is 0.745. The van der Waals surface area contributed by atoms with Gasteiger partial charge in [-0.3, -0.25) is 4.79 Å². The lowest BCUT2D eigenvalue weighted by Gasteiger charge is -2.19. The SMILES string of the molecule is CC(=O)OC1CCCOO1. The quantitative estimate of drug-likeness (QED) is 0.401. The number of carbonyl (C=O) groups excluding carboxylic acids is 1. The fraction of sp³-hybridized carbons (Fsp3) is 0.833. The standard InChI is InChI=1S/C6H10O4/c1-5(7)9-6-3-2-4-8-10-6/h6H,2-4H2,1H3. The molecule has 0 spiro atoms. The maximum absolute atomic E-state index is 10.4. The first-order chi connectivity index (χ1) is 4.79. The lowest BCUT2D eigenvalue weighted by atomic mass is 10.3. The maximum Gasteiger partial charge on any atom is 0.305 e. The van der Waals surface area contributed by atoms with Gasteiger partial charge in [-0.1, -0.05) is 0 Å². The highest BCUT2D eigenvalue weighted by Crippen LogP contribution is 2.10. The van der Waals surface area contributed by atoms with Crippen LogP contribution in [0.5, 0.6) is 0 Å². The first-order valence-electron chi connectivity index (χ1n) is 3.24. The van der Waals surface area contributed by atoms with Crippen LogP contribution in [0.25, 0.3) is 0 Å². The third-order valence-corrected chi connectivity index (χ3v) is 1.14. The second kappa shape index (κ2) is 3.53.